The van der Waals surface area contributed by atoms with E-state index in [0.717, 1.165) is 41.7 Å². The third-order valence-electron chi connectivity index (χ3n) is 8.30. The molecule has 1 fully saturated rings. The van der Waals surface area contributed by atoms with Crippen molar-refractivity contribution < 1.29 is 23.1 Å². The van der Waals surface area contributed by atoms with Gasteiger partial charge in [-0.25, -0.2) is 13.1 Å². The molecule has 2 heterocycles. The smallest absolute Gasteiger partial charge is 0.241 e. The van der Waals surface area contributed by atoms with Crippen molar-refractivity contribution in [2.24, 2.45) is 0 Å². The van der Waals surface area contributed by atoms with Crippen LogP contribution >= 0.6 is 0 Å². The number of nitrogens with zero attached hydrogens (tertiary/aromatic N) is 1. The minimum atomic E-state index is -3.99. The maximum atomic E-state index is 13.5. The Morgan fingerprint density at radius 3 is 2.56 bits per heavy atom. The number of rotatable bonds is 9. The zero-order chi connectivity index (χ0) is 29.8. The lowest BCUT2D eigenvalue weighted by Gasteiger charge is -2.29. The highest BCUT2D eigenvalue weighted by molar-refractivity contribution is 7.89. The Bertz CT molecular complexity index is 1720. The standard InChI is InChI=1S/C34H37N3O5S/c38-28-10-6-9-27(20-28)32(36-43(40,41)29-13-12-25-7-2-3-8-26(25)21-29)22-34(39)35-31-15-18-42-33-19-24(11-14-30(31)33)23-37-16-4-1-5-17-37/h2-3,6-14,19-21,31-32,36,38H,1,4-5,15-18,22-23H2,(H,35,39). The van der Waals surface area contributed by atoms with Crippen molar-refractivity contribution in [1.29, 1.82) is 0 Å². The Kier molecular flexibility index (Phi) is 8.65. The summed E-state index contributed by atoms with van der Waals surface area (Å²) in [5, 5.41) is 15.0. The number of carbonyl (C=O) groups excluding carboxylic acids is 1. The number of amides is 1. The van der Waals surface area contributed by atoms with Crippen LogP contribution in [0.1, 0.15) is 60.9 Å². The highest BCUT2D eigenvalue weighted by Gasteiger charge is 2.28. The number of likely N-dealkylation sites (tertiary alicyclic amines) is 1. The molecule has 224 valence electrons. The first-order valence-electron chi connectivity index (χ1n) is 14.9. The van der Waals surface area contributed by atoms with E-state index in [2.05, 4.69) is 27.1 Å². The molecule has 8 nitrogen and oxygen atoms in total. The molecular weight excluding hydrogens is 562 g/mol. The summed E-state index contributed by atoms with van der Waals surface area (Å²) in [6.07, 6.45) is 4.23. The maximum absolute atomic E-state index is 13.5. The predicted octanol–water partition coefficient (Wildman–Crippen LogP) is 5.58. The first kappa shape index (κ1) is 29.2. The van der Waals surface area contributed by atoms with Gasteiger partial charge in [-0.1, -0.05) is 61.0 Å². The second kappa shape index (κ2) is 12.8. The molecule has 9 heteroatoms. The van der Waals surface area contributed by atoms with Crippen LogP contribution in [0.15, 0.2) is 89.8 Å². The normalized spacial score (nSPS) is 18.0. The molecule has 0 radical (unpaired) electrons. The average Bonchev–Trinajstić information content (AvgIpc) is 3.01. The van der Waals surface area contributed by atoms with Crippen LogP contribution in [0.2, 0.25) is 0 Å². The summed E-state index contributed by atoms with van der Waals surface area (Å²) >= 11 is 0. The molecule has 0 bridgehead atoms. The van der Waals surface area contributed by atoms with Crippen LogP contribution < -0.4 is 14.8 Å². The van der Waals surface area contributed by atoms with Crippen LogP contribution in [0, 0.1) is 0 Å². The Balaban J connectivity index is 1.19. The number of hydrogen-bond donors (Lipinski definition) is 3. The van der Waals surface area contributed by atoms with E-state index in [-0.39, 0.29) is 29.0 Å². The second-order valence-corrected chi connectivity index (χ2v) is 13.2. The number of sulfonamides is 1. The summed E-state index contributed by atoms with van der Waals surface area (Å²) in [6, 6.07) is 23.9. The molecule has 1 amide bonds. The quantitative estimate of drug-likeness (QED) is 0.232. The molecule has 2 aliphatic heterocycles. The highest BCUT2D eigenvalue weighted by Crippen LogP contribution is 2.34. The summed E-state index contributed by atoms with van der Waals surface area (Å²) in [4.78, 5) is 16.0. The first-order valence-corrected chi connectivity index (χ1v) is 16.4. The van der Waals surface area contributed by atoms with Crippen molar-refractivity contribution in [3.63, 3.8) is 0 Å². The molecule has 0 aromatic heterocycles. The van der Waals surface area contributed by atoms with Crippen LogP contribution in [-0.4, -0.2) is 44.0 Å². The fourth-order valence-corrected chi connectivity index (χ4v) is 7.31. The molecule has 4 aromatic rings. The Hall–Kier alpha value is -3.92. The number of hydrogen-bond acceptors (Lipinski definition) is 6. The van der Waals surface area contributed by atoms with E-state index in [4.69, 9.17) is 4.74 Å². The fourth-order valence-electron chi connectivity index (χ4n) is 6.06. The number of carbonyl (C=O) groups is 1. The third kappa shape index (κ3) is 7.01. The topological polar surface area (TPSA) is 108 Å². The van der Waals surface area contributed by atoms with E-state index in [1.54, 1.807) is 30.3 Å². The largest absolute Gasteiger partial charge is 0.508 e. The van der Waals surface area contributed by atoms with Gasteiger partial charge in [0.1, 0.15) is 11.5 Å². The van der Waals surface area contributed by atoms with Gasteiger partial charge >= 0.3 is 0 Å². The van der Waals surface area contributed by atoms with Crippen LogP contribution in [0.5, 0.6) is 11.5 Å². The molecule has 2 atom stereocenters. The van der Waals surface area contributed by atoms with E-state index in [0.29, 0.717) is 18.6 Å². The SMILES string of the molecule is O=C(CC(NS(=O)(=O)c1ccc2ccccc2c1)c1cccc(O)c1)NC1CCOc2cc(CN3CCCCC3)ccc21. The van der Waals surface area contributed by atoms with Gasteiger partial charge in [-0.2, -0.15) is 0 Å². The lowest BCUT2D eigenvalue weighted by molar-refractivity contribution is -0.122. The molecule has 0 spiro atoms. The van der Waals surface area contributed by atoms with Gasteiger partial charge in [0.05, 0.1) is 23.6 Å². The van der Waals surface area contributed by atoms with Crippen LogP contribution in [0.4, 0.5) is 0 Å². The van der Waals surface area contributed by atoms with Crippen molar-refractivity contribution in [2.75, 3.05) is 19.7 Å². The number of benzene rings is 4. The van der Waals surface area contributed by atoms with Crippen molar-refractivity contribution in [3.05, 3.63) is 102 Å². The first-order chi connectivity index (χ1) is 20.8. The molecule has 6 rings (SSSR count). The molecule has 0 saturated carbocycles. The fraction of sp³-hybridized carbons (Fsp3) is 0.324. The van der Waals surface area contributed by atoms with Gasteiger partial charge in [-0.05, 0) is 78.2 Å². The van der Waals surface area contributed by atoms with E-state index in [9.17, 15) is 18.3 Å². The summed E-state index contributed by atoms with van der Waals surface area (Å²) in [5.41, 5.74) is 2.61. The molecule has 2 aliphatic rings. The third-order valence-corrected chi connectivity index (χ3v) is 9.77. The number of fused-ring (bicyclic) bond motifs is 2. The van der Waals surface area contributed by atoms with E-state index >= 15 is 0 Å². The molecule has 43 heavy (non-hydrogen) atoms. The van der Waals surface area contributed by atoms with Crippen molar-refractivity contribution in [3.8, 4) is 11.5 Å². The van der Waals surface area contributed by atoms with E-state index in [1.165, 1.54) is 37.0 Å². The second-order valence-electron chi connectivity index (χ2n) is 11.4. The van der Waals surface area contributed by atoms with Crippen molar-refractivity contribution >= 4 is 26.7 Å². The zero-order valence-electron chi connectivity index (χ0n) is 24.0. The maximum Gasteiger partial charge on any atom is 0.241 e. The summed E-state index contributed by atoms with van der Waals surface area (Å²) in [6.45, 7) is 3.59. The lowest BCUT2D eigenvalue weighted by atomic mass is 9.97. The molecule has 0 aliphatic carbocycles. The van der Waals surface area contributed by atoms with Gasteiger partial charge in [0, 0.05) is 24.9 Å². The molecule has 1 saturated heterocycles. The summed E-state index contributed by atoms with van der Waals surface area (Å²) in [7, 11) is -3.99. The number of phenolic OH excluding ortho intramolecular Hbond substituents is 1. The predicted molar refractivity (Wildman–Crippen MR) is 166 cm³/mol. The van der Waals surface area contributed by atoms with Crippen LogP contribution in [0.3, 0.4) is 0 Å². The van der Waals surface area contributed by atoms with Crippen molar-refractivity contribution in [2.45, 2.75) is 55.6 Å². The van der Waals surface area contributed by atoms with Gasteiger partial charge in [-0.15, -0.1) is 0 Å². The van der Waals surface area contributed by atoms with Crippen molar-refractivity contribution in [1.82, 2.24) is 14.9 Å². The summed E-state index contributed by atoms with van der Waals surface area (Å²) < 4.78 is 35.8. The molecule has 2 unspecified atom stereocenters. The monoisotopic (exact) mass is 599 g/mol. The Morgan fingerprint density at radius 2 is 1.74 bits per heavy atom. The van der Waals surface area contributed by atoms with Crippen LogP contribution in [-0.2, 0) is 21.4 Å². The molecule has 4 aromatic carbocycles. The number of nitrogens with one attached hydrogen (secondary N) is 2. The highest BCUT2D eigenvalue weighted by atomic mass is 32.2. The Morgan fingerprint density at radius 1 is 0.930 bits per heavy atom. The van der Waals surface area contributed by atoms with Gasteiger partial charge in [-0.3, -0.25) is 9.69 Å². The van der Waals surface area contributed by atoms with Crippen LogP contribution in [0.25, 0.3) is 10.8 Å². The van der Waals surface area contributed by atoms with Gasteiger partial charge in [0.15, 0.2) is 0 Å². The number of piperidine rings is 1. The summed E-state index contributed by atoms with van der Waals surface area (Å²) in [5.74, 6) is 0.476. The van der Waals surface area contributed by atoms with Gasteiger partial charge in [0.2, 0.25) is 15.9 Å². The number of ether oxygens (including phenoxy) is 1. The zero-order valence-corrected chi connectivity index (χ0v) is 24.9. The minimum absolute atomic E-state index is 0.00785. The number of aromatic hydroxyl groups is 1. The molecular formula is C34H37N3O5S. The minimum Gasteiger partial charge on any atom is -0.508 e. The molecule has 3 N–H and O–H groups in total. The van der Waals surface area contributed by atoms with E-state index < -0.39 is 16.1 Å². The van der Waals surface area contributed by atoms with Gasteiger partial charge < -0.3 is 15.2 Å². The number of phenols is 1. The van der Waals surface area contributed by atoms with Gasteiger partial charge in [0.25, 0.3) is 0 Å². The lowest BCUT2D eigenvalue weighted by Crippen LogP contribution is -2.36. The van der Waals surface area contributed by atoms with E-state index in [1.807, 2.05) is 30.3 Å². The average molecular weight is 600 g/mol. The Labute approximate surface area is 252 Å².